The first-order chi connectivity index (χ1) is 11.1. The van der Waals surface area contributed by atoms with Gasteiger partial charge in [0.2, 0.25) is 5.91 Å². The third-order valence-corrected chi connectivity index (χ3v) is 4.23. The van der Waals surface area contributed by atoms with Crippen LogP contribution in [0.25, 0.3) is 0 Å². The number of nitrogens with zero attached hydrogens (tertiary/aromatic N) is 1. The Morgan fingerprint density at radius 3 is 2.52 bits per heavy atom. The molecule has 0 aliphatic carbocycles. The number of carbonyl (C=O) groups is 2. The molecule has 2 amide bonds. The normalized spacial score (nSPS) is 17.7. The van der Waals surface area contributed by atoms with Crippen LogP contribution in [-0.2, 0) is 16.0 Å². The Hall–Kier alpha value is -2.62. The predicted molar refractivity (Wildman–Crippen MR) is 91.5 cm³/mol. The second-order valence-corrected chi connectivity index (χ2v) is 5.77. The number of nitrogens with one attached hydrogen (secondary N) is 1. The zero-order valence-corrected chi connectivity index (χ0v) is 13.4. The van der Waals surface area contributed by atoms with Crippen LogP contribution in [0.5, 0.6) is 0 Å². The molecule has 1 heterocycles. The minimum absolute atomic E-state index is 0.157. The molecule has 1 N–H and O–H groups in total. The van der Waals surface area contributed by atoms with Crippen LogP contribution in [0.4, 0.5) is 11.4 Å². The maximum atomic E-state index is 12.7. The van der Waals surface area contributed by atoms with Crippen LogP contribution in [0.2, 0.25) is 0 Å². The van der Waals surface area contributed by atoms with Gasteiger partial charge in [-0.15, -0.1) is 0 Å². The van der Waals surface area contributed by atoms with Crippen molar-refractivity contribution in [2.45, 2.75) is 32.7 Å². The van der Waals surface area contributed by atoms with Gasteiger partial charge in [0.05, 0.1) is 12.1 Å². The lowest BCUT2D eigenvalue weighted by atomic mass is 10.1. The quantitative estimate of drug-likeness (QED) is 0.882. The largest absolute Gasteiger partial charge is 0.373 e. The van der Waals surface area contributed by atoms with Gasteiger partial charge in [-0.1, -0.05) is 43.3 Å². The number of para-hydroxylation sites is 2. The Labute approximate surface area is 136 Å². The van der Waals surface area contributed by atoms with Gasteiger partial charge in [0, 0.05) is 5.69 Å². The molecule has 1 saturated heterocycles. The summed E-state index contributed by atoms with van der Waals surface area (Å²) in [6, 6.07) is 14.8. The lowest BCUT2D eigenvalue weighted by Crippen LogP contribution is -2.35. The molecule has 0 spiro atoms. The molecule has 0 bridgehead atoms. The summed E-state index contributed by atoms with van der Waals surface area (Å²) in [6.07, 6.45) is 1.06. The second kappa shape index (κ2) is 6.24. The van der Waals surface area contributed by atoms with Crippen molar-refractivity contribution in [3.63, 3.8) is 0 Å². The summed E-state index contributed by atoms with van der Waals surface area (Å²) in [5, 5.41) is 3.25. The molecule has 118 valence electrons. The number of anilines is 2. The number of aryl methyl sites for hydroxylation is 2. The third-order valence-electron chi connectivity index (χ3n) is 4.23. The van der Waals surface area contributed by atoms with Crippen molar-refractivity contribution in [1.29, 1.82) is 0 Å². The summed E-state index contributed by atoms with van der Waals surface area (Å²) in [6.45, 7) is 3.98. The summed E-state index contributed by atoms with van der Waals surface area (Å²) >= 11 is 0. The van der Waals surface area contributed by atoms with Gasteiger partial charge in [0.1, 0.15) is 6.04 Å². The lowest BCUT2D eigenvalue weighted by Gasteiger charge is -2.18. The highest BCUT2D eigenvalue weighted by molar-refractivity contribution is 6.23. The molecule has 23 heavy (non-hydrogen) atoms. The van der Waals surface area contributed by atoms with Crippen molar-refractivity contribution >= 4 is 23.2 Å². The van der Waals surface area contributed by atoms with E-state index in [1.807, 2.05) is 55.5 Å². The summed E-state index contributed by atoms with van der Waals surface area (Å²) in [5.41, 5.74) is 3.66. The molecule has 4 heteroatoms. The van der Waals surface area contributed by atoms with Crippen LogP contribution in [0.1, 0.15) is 24.5 Å². The molecule has 4 nitrogen and oxygen atoms in total. The highest BCUT2D eigenvalue weighted by atomic mass is 16.2. The molecule has 1 fully saturated rings. The summed E-state index contributed by atoms with van der Waals surface area (Å²) in [7, 11) is 0. The van der Waals surface area contributed by atoms with E-state index in [2.05, 4.69) is 12.2 Å². The SMILES string of the molecule is CCc1ccccc1N[C@@H]1CC(=O)N(c2ccccc2C)C1=O. The fourth-order valence-corrected chi connectivity index (χ4v) is 2.97. The Morgan fingerprint density at radius 2 is 1.78 bits per heavy atom. The molecule has 2 aromatic carbocycles. The maximum Gasteiger partial charge on any atom is 0.256 e. The number of amides is 2. The Balaban J connectivity index is 1.86. The van der Waals surface area contributed by atoms with E-state index in [-0.39, 0.29) is 18.2 Å². The van der Waals surface area contributed by atoms with Gasteiger partial charge >= 0.3 is 0 Å². The van der Waals surface area contributed by atoms with E-state index in [1.165, 1.54) is 4.90 Å². The van der Waals surface area contributed by atoms with E-state index in [0.717, 1.165) is 23.2 Å². The first-order valence-corrected chi connectivity index (χ1v) is 7.88. The minimum atomic E-state index is -0.505. The van der Waals surface area contributed by atoms with Gasteiger partial charge in [-0.25, -0.2) is 4.90 Å². The number of hydrogen-bond acceptors (Lipinski definition) is 3. The molecule has 3 rings (SSSR count). The summed E-state index contributed by atoms with van der Waals surface area (Å²) in [5.74, 6) is -0.342. The first-order valence-electron chi connectivity index (χ1n) is 7.88. The van der Waals surface area contributed by atoms with Crippen molar-refractivity contribution in [3.8, 4) is 0 Å². The average Bonchev–Trinajstić information content (AvgIpc) is 2.83. The molecule has 0 radical (unpaired) electrons. The molecule has 1 aliphatic rings. The van der Waals surface area contributed by atoms with Crippen LogP contribution in [-0.4, -0.2) is 17.9 Å². The third kappa shape index (κ3) is 2.84. The molecule has 1 aliphatic heterocycles. The van der Waals surface area contributed by atoms with Gasteiger partial charge in [0.15, 0.2) is 0 Å². The zero-order valence-electron chi connectivity index (χ0n) is 13.4. The average molecular weight is 308 g/mol. The zero-order chi connectivity index (χ0) is 16.4. The maximum absolute atomic E-state index is 12.7. The van der Waals surface area contributed by atoms with E-state index < -0.39 is 6.04 Å². The van der Waals surface area contributed by atoms with Crippen LogP contribution in [0, 0.1) is 6.92 Å². The fourth-order valence-electron chi connectivity index (χ4n) is 2.97. The Morgan fingerprint density at radius 1 is 1.09 bits per heavy atom. The van der Waals surface area contributed by atoms with Crippen molar-refractivity contribution in [2.75, 3.05) is 10.2 Å². The number of benzene rings is 2. The molecular weight excluding hydrogens is 288 g/mol. The topological polar surface area (TPSA) is 49.4 Å². The number of imide groups is 1. The molecule has 2 aromatic rings. The van der Waals surface area contributed by atoms with Crippen molar-refractivity contribution in [1.82, 2.24) is 0 Å². The van der Waals surface area contributed by atoms with Crippen LogP contribution < -0.4 is 10.2 Å². The van der Waals surface area contributed by atoms with E-state index in [9.17, 15) is 9.59 Å². The first kappa shape index (κ1) is 15.3. The predicted octanol–water partition coefficient (Wildman–Crippen LogP) is 3.30. The molecule has 0 aromatic heterocycles. The van der Waals surface area contributed by atoms with Crippen molar-refractivity contribution < 1.29 is 9.59 Å². The van der Waals surface area contributed by atoms with Gasteiger partial charge in [-0.2, -0.15) is 0 Å². The van der Waals surface area contributed by atoms with Crippen molar-refractivity contribution in [3.05, 3.63) is 59.7 Å². The van der Waals surface area contributed by atoms with Gasteiger partial charge < -0.3 is 5.32 Å². The standard InChI is InChI=1S/C19H20N2O2/c1-3-14-9-5-6-10-15(14)20-16-12-18(22)21(19(16)23)17-11-7-4-8-13(17)2/h4-11,16,20H,3,12H2,1-2H3/t16-/m1/s1. The van der Waals surface area contributed by atoms with Crippen LogP contribution in [0.15, 0.2) is 48.5 Å². The van der Waals surface area contributed by atoms with Gasteiger partial charge in [0.25, 0.3) is 5.91 Å². The van der Waals surface area contributed by atoms with Crippen molar-refractivity contribution in [2.24, 2.45) is 0 Å². The van der Waals surface area contributed by atoms with E-state index in [1.54, 1.807) is 0 Å². The smallest absolute Gasteiger partial charge is 0.256 e. The van der Waals surface area contributed by atoms with E-state index >= 15 is 0 Å². The number of carbonyl (C=O) groups excluding carboxylic acids is 2. The summed E-state index contributed by atoms with van der Waals surface area (Å²) in [4.78, 5) is 26.4. The number of hydrogen-bond donors (Lipinski definition) is 1. The van der Waals surface area contributed by atoms with E-state index in [0.29, 0.717) is 5.69 Å². The highest BCUT2D eigenvalue weighted by Gasteiger charge is 2.40. The summed E-state index contributed by atoms with van der Waals surface area (Å²) < 4.78 is 0. The molecule has 0 unspecified atom stereocenters. The Bertz CT molecular complexity index is 755. The van der Waals surface area contributed by atoms with Gasteiger partial charge in [-0.05, 0) is 36.6 Å². The van der Waals surface area contributed by atoms with Gasteiger partial charge in [-0.3, -0.25) is 9.59 Å². The van der Waals surface area contributed by atoms with E-state index in [4.69, 9.17) is 0 Å². The lowest BCUT2D eigenvalue weighted by molar-refractivity contribution is -0.121. The highest BCUT2D eigenvalue weighted by Crippen LogP contribution is 2.28. The molecular formula is C19H20N2O2. The molecule has 0 saturated carbocycles. The fraction of sp³-hybridized carbons (Fsp3) is 0.263. The number of rotatable bonds is 4. The van der Waals surface area contributed by atoms with Crippen LogP contribution >= 0.6 is 0 Å². The van der Waals surface area contributed by atoms with Crippen LogP contribution in [0.3, 0.4) is 0 Å². The monoisotopic (exact) mass is 308 g/mol. The Kier molecular flexibility index (Phi) is 4.15. The minimum Gasteiger partial charge on any atom is -0.373 e. The second-order valence-electron chi connectivity index (χ2n) is 5.77. The molecule has 1 atom stereocenters.